The molecule has 7 heteroatoms. The quantitative estimate of drug-likeness (QED) is 0.452. The van der Waals surface area contributed by atoms with Gasteiger partial charge in [0.1, 0.15) is 5.58 Å². The number of fused-ring (bicyclic) bond motifs is 2. The van der Waals surface area contributed by atoms with Gasteiger partial charge in [0.15, 0.2) is 16.9 Å². The number of aryl methyl sites for hydroxylation is 2. The topological polar surface area (TPSA) is 78.2 Å². The first-order valence-electron chi connectivity index (χ1n) is 11.7. The number of amides is 1. The van der Waals surface area contributed by atoms with E-state index in [1.165, 1.54) is 0 Å². The zero-order valence-electron chi connectivity index (χ0n) is 20.4. The van der Waals surface area contributed by atoms with Crippen molar-refractivity contribution in [3.8, 4) is 11.5 Å². The van der Waals surface area contributed by atoms with Gasteiger partial charge in [-0.3, -0.25) is 9.59 Å². The van der Waals surface area contributed by atoms with Crippen molar-refractivity contribution >= 4 is 16.9 Å². The van der Waals surface area contributed by atoms with Crippen LogP contribution in [0.5, 0.6) is 11.5 Å². The van der Waals surface area contributed by atoms with E-state index in [9.17, 15) is 9.59 Å². The molecule has 0 saturated heterocycles. The van der Waals surface area contributed by atoms with E-state index in [-0.39, 0.29) is 17.1 Å². The van der Waals surface area contributed by atoms with Gasteiger partial charge in [-0.2, -0.15) is 0 Å². The van der Waals surface area contributed by atoms with Crippen LogP contribution < -0.4 is 14.9 Å². The predicted octanol–water partition coefficient (Wildman–Crippen LogP) is 4.79. The number of ether oxygens (including phenoxy) is 3. The fourth-order valence-corrected chi connectivity index (χ4v) is 4.57. The van der Waals surface area contributed by atoms with Crippen LogP contribution in [0.2, 0.25) is 0 Å². The minimum Gasteiger partial charge on any atom is -0.490 e. The van der Waals surface area contributed by atoms with Crippen LogP contribution in [0.1, 0.15) is 59.1 Å². The van der Waals surface area contributed by atoms with Gasteiger partial charge in [-0.15, -0.1) is 0 Å². The van der Waals surface area contributed by atoms with Crippen LogP contribution in [0.4, 0.5) is 0 Å². The van der Waals surface area contributed by atoms with Gasteiger partial charge in [-0.05, 0) is 62.1 Å². The summed E-state index contributed by atoms with van der Waals surface area (Å²) >= 11 is 0. The van der Waals surface area contributed by atoms with Gasteiger partial charge < -0.3 is 23.5 Å². The number of nitrogens with zero attached hydrogens (tertiary/aromatic N) is 1. The van der Waals surface area contributed by atoms with Crippen LogP contribution in [0.3, 0.4) is 0 Å². The summed E-state index contributed by atoms with van der Waals surface area (Å²) in [6.07, 6.45) is 0.871. The van der Waals surface area contributed by atoms with Crippen molar-refractivity contribution in [3.63, 3.8) is 0 Å². The lowest BCUT2D eigenvalue weighted by Crippen LogP contribution is -2.32. The molecule has 0 saturated carbocycles. The predicted molar refractivity (Wildman–Crippen MR) is 130 cm³/mol. The second kappa shape index (κ2) is 9.89. The maximum atomic E-state index is 13.8. The zero-order valence-corrected chi connectivity index (χ0v) is 20.4. The molecule has 7 nitrogen and oxygen atoms in total. The Morgan fingerprint density at radius 1 is 1.00 bits per heavy atom. The van der Waals surface area contributed by atoms with Crippen molar-refractivity contribution < 1.29 is 23.4 Å². The normalized spacial score (nSPS) is 15.1. The summed E-state index contributed by atoms with van der Waals surface area (Å²) < 4.78 is 23.0. The van der Waals surface area contributed by atoms with Crippen LogP contribution >= 0.6 is 0 Å². The third kappa shape index (κ3) is 4.16. The maximum absolute atomic E-state index is 13.8. The molecule has 180 valence electrons. The summed E-state index contributed by atoms with van der Waals surface area (Å²) in [7, 11) is 1.58. The van der Waals surface area contributed by atoms with Gasteiger partial charge in [-0.1, -0.05) is 19.1 Å². The second-order valence-corrected chi connectivity index (χ2v) is 8.51. The van der Waals surface area contributed by atoms with Crippen LogP contribution in [0, 0.1) is 13.8 Å². The summed E-state index contributed by atoms with van der Waals surface area (Å²) in [5.74, 6) is 0.989. The highest BCUT2D eigenvalue weighted by Gasteiger charge is 2.43. The molecule has 0 N–H and O–H groups in total. The first-order valence-corrected chi connectivity index (χ1v) is 11.7. The Bertz CT molecular complexity index is 1280. The summed E-state index contributed by atoms with van der Waals surface area (Å²) in [5, 5.41) is 0.503. The molecule has 0 fully saturated rings. The largest absolute Gasteiger partial charge is 0.490 e. The number of methoxy groups -OCH3 is 1. The van der Waals surface area contributed by atoms with Crippen molar-refractivity contribution in [3.05, 3.63) is 68.6 Å². The maximum Gasteiger partial charge on any atom is 0.290 e. The Hall–Kier alpha value is -3.32. The molecule has 1 amide bonds. The second-order valence-electron chi connectivity index (χ2n) is 8.51. The van der Waals surface area contributed by atoms with Crippen molar-refractivity contribution in [1.82, 2.24) is 4.90 Å². The highest BCUT2D eigenvalue weighted by atomic mass is 16.5. The summed E-state index contributed by atoms with van der Waals surface area (Å²) in [6.45, 7) is 9.45. The smallest absolute Gasteiger partial charge is 0.290 e. The number of rotatable bonds is 9. The lowest BCUT2D eigenvalue weighted by Gasteiger charge is -2.25. The Kier molecular flexibility index (Phi) is 6.93. The number of benzene rings is 2. The van der Waals surface area contributed by atoms with Crippen molar-refractivity contribution in [2.75, 3.05) is 33.5 Å². The highest BCUT2D eigenvalue weighted by Crippen LogP contribution is 2.41. The fourth-order valence-electron chi connectivity index (χ4n) is 4.57. The lowest BCUT2D eigenvalue weighted by molar-refractivity contribution is 0.0663. The molecule has 2 heterocycles. The molecular weight excluding hydrogens is 434 g/mol. The lowest BCUT2D eigenvalue weighted by atomic mass is 9.96. The SMILES string of the molecule is CCCOc1ccc(C2c3c(oc4cc(C)cc(C)c4c3=O)C(=O)N2CCOC)cc1OCC. The van der Waals surface area contributed by atoms with Crippen LogP contribution in [0.15, 0.2) is 39.5 Å². The van der Waals surface area contributed by atoms with E-state index in [2.05, 4.69) is 0 Å². The third-order valence-corrected chi connectivity index (χ3v) is 5.99. The Morgan fingerprint density at radius 2 is 1.79 bits per heavy atom. The van der Waals surface area contributed by atoms with E-state index in [1.54, 1.807) is 18.1 Å². The molecule has 1 unspecified atom stereocenters. The highest BCUT2D eigenvalue weighted by molar-refractivity contribution is 5.99. The first-order chi connectivity index (χ1) is 16.4. The van der Waals surface area contributed by atoms with Gasteiger partial charge in [0.2, 0.25) is 5.76 Å². The average molecular weight is 466 g/mol. The molecule has 1 aliphatic rings. The summed E-state index contributed by atoms with van der Waals surface area (Å²) in [5.41, 5.74) is 3.15. The van der Waals surface area contributed by atoms with Gasteiger partial charge in [0.25, 0.3) is 5.91 Å². The van der Waals surface area contributed by atoms with Crippen molar-refractivity contribution in [2.45, 2.75) is 40.2 Å². The number of hydrogen-bond donors (Lipinski definition) is 0. The molecule has 4 rings (SSSR count). The van der Waals surface area contributed by atoms with E-state index >= 15 is 0 Å². The van der Waals surface area contributed by atoms with E-state index in [0.717, 1.165) is 23.1 Å². The Balaban J connectivity index is 1.92. The fraction of sp³-hybridized carbons (Fsp3) is 0.407. The molecule has 34 heavy (non-hydrogen) atoms. The van der Waals surface area contributed by atoms with Gasteiger partial charge in [-0.25, -0.2) is 0 Å². The van der Waals surface area contributed by atoms with Gasteiger partial charge in [0.05, 0.1) is 36.8 Å². The zero-order chi connectivity index (χ0) is 24.4. The van der Waals surface area contributed by atoms with Crippen LogP contribution in [-0.2, 0) is 4.74 Å². The molecule has 1 aliphatic heterocycles. The molecule has 1 aromatic heterocycles. The number of carbonyl (C=O) groups excluding carboxylic acids is 1. The standard InChI is InChI=1S/C27H31NO6/c1-6-11-33-19-9-8-18(15-20(19)32-7-2)24-23-25(29)22-17(4)13-16(3)14-21(22)34-26(23)27(30)28(24)10-12-31-5/h8-9,13-15,24H,6-7,10-12H2,1-5H3. The summed E-state index contributed by atoms with van der Waals surface area (Å²) in [4.78, 5) is 28.9. The molecule has 3 aromatic rings. The molecule has 0 spiro atoms. The third-order valence-electron chi connectivity index (χ3n) is 5.99. The van der Waals surface area contributed by atoms with Crippen LogP contribution in [0.25, 0.3) is 11.0 Å². The molecule has 0 aliphatic carbocycles. The number of hydrogen-bond acceptors (Lipinski definition) is 6. The Labute approximate surface area is 199 Å². The van der Waals surface area contributed by atoms with E-state index in [0.29, 0.717) is 54.4 Å². The minimum atomic E-state index is -0.613. The van der Waals surface area contributed by atoms with E-state index in [1.807, 2.05) is 52.0 Å². The molecule has 0 bridgehead atoms. The molecule has 1 atom stereocenters. The average Bonchev–Trinajstić information content (AvgIpc) is 3.08. The van der Waals surface area contributed by atoms with E-state index < -0.39 is 6.04 Å². The molecule has 2 aromatic carbocycles. The number of carbonyl (C=O) groups is 1. The van der Waals surface area contributed by atoms with Gasteiger partial charge in [0, 0.05) is 13.7 Å². The minimum absolute atomic E-state index is 0.0906. The Morgan fingerprint density at radius 3 is 2.50 bits per heavy atom. The first kappa shape index (κ1) is 23.8. The van der Waals surface area contributed by atoms with Crippen molar-refractivity contribution in [2.24, 2.45) is 0 Å². The summed E-state index contributed by atoms with van der Waals surface area (Å²) in [6, 6.07) is 8.71. The molecular formula is C27H31NO6. The molecule has 0 radical (unpaired) electrons. The van der Waals surface area contributed by atoms with Crippen molar-refractivity contribution in [1.29, 1.82) is 0 Å². The van der Waals surface area contributed by atoms with E-state index in [4.69, 9.17) is 18.6 Å². The van der Waals surface area contributed by atoms with Gasteiger partial charge >= 0.3 is 0 Å². The monoisotopic (exact) mass is 465 g/mol. The van der Waals surface area contributed by atoms with Crippen LogP contribution in [-0.4, -0.2) is 44.3 Å².